The van der Waals surface area contributed by atoms with E-state index in [4.69, 9.17) is 9.98 Å². The van der Waals surface area contributed by atoms with E-state index in [0.717, 1.165) is 56.7 Å². The highest BCUT2D eigenvalue weighted by atomic mass is 15.0. The van der Waals surface area contributed by atoms with Gasteiger partial charge < -0.3 is 10.6 Å². The lowest BCUT2D eigenvalue weighted by Gasteiger charge is -2.16. The molecule has 0 saturated carbocycles. The Bertz CT molecular complexity index is 1370. The first kappa shape index (κ1) is 23.1. The Morgan fingerprint density at radius 3 is 1.22 bits per heavy atom. The fourth-order valence-electron chi connectivity index (χ4n) is 4.10. The highest BCUT2D eigenvalue weighted by Crippen LogP contribution is 2.31. The Labute approximate surface area is 212 Å². The normalized spacial score (nSPS) is 13.8. The largest absolute Gasteiger partial charge is 0.357 e. The molecule has 0 saturated heterocycles. The van der Waals surface area contributed by atoms with Crippen LogP contribution in [0.2, 0.25) is 0 Å². The molecule has 4 aromatic carbocycles. The first-order valence-corrected chi connectivity index (χ1v) is 12.0. The van der Waals surface area contributed by atoms with Gasteiger partial charge in [0.15, 0.2) is 0 Å². The summed E-state index contributed by atoms with van der Waals surface area (Å²) in [5, 5.41) is 7.12. The van der Waals surface area contributed by atoms with Crippen molar-refractivity contribution < 1.29 is 0 Å². The third-order valence-corrected chi connectivity index (χ3v) is 5.80. The van der Waals surface area contributed by atoms with E-state index in [1.165, 1.54) is 0 Å². The molecule has 0 unspecified atom stereocenters. The van der Waals surface area contributed by atoms with E-state index in [1.807, 2.05) is 72.8 Å². The third-order valence-electron chi connectivity index (χ3n) is 5.80. The summed E-state index contributed by atoms with van der Waals surface area (Å²) >= 11 is 0. The lowest BCUT2D eigenvalue weighted by atomic mass is 10.1. The molecule has 1 aliphatic heterocycles. The van der Waals surface area contributed by atoms with Crippen molar-refractivity contribution in [3.05, 3.63) is 144 Å². The van der Waals surface area contributed by atoms with Gasteiger partial charge in [-0.25, -0.2) is 9.98 Å². The monoisotopic (exact) mass is 468 g/mol. The number of nitrogens with zero attached hydrogens (tertiary/aromatic N) is 2. The number of anilines is 2. The molecule has 0 amide bonds. The quantitative estimate of drug-likeness (QED) is 0.311. The Kier molecular flexibility index (Phi) is 6.86. The molecule has 4 heteroatoms. The van der Waals surface area contributed by atoms with E-state index in [1.54, 1.807) is 0 Å². The molecule has 2 N–H and O–H groups in total. The summed E-state index contributed by atoms with van der Waals surface area (Å²) in [4.78, 5) is 10.2. The summed E-state index contributed by atoms with van der Waals surface area (Å²) in [6, 6.07) is 36.7. The van der Waals surface area contributed by atoms with Crippen molar-refractivity contribution in [1.82, 2.24) is 0 Å². The molecule has 176 valence electrons. The zero-order chi connectivity index (χ0) is 24.7. The number of nitrogens with one attached hydrogen (secondary N) is 2. The van der Waals surface area contributed by atoms with Crippen molar-refractivity contribution in [1.29, 1.82) is 0 Å². The maximum Gasteiger partial charge on any atom is 0.0893 e. The van der Waals surface area contributed by atoms with Gasteiger partial charge in [-0.3, -0.25) is 0 Å². The molecule has 0 atom stereocenters. The molecule has 0 aliphatic carbocycles. The summed E-state index contributed by atoms with van der Waals surface area (Å²) < 4.78 is 0. The number of benzene rings is 4. The minimum atomic E-state index is 0.810. The number of hydrogen-bond acceptors (Lipinski definition) is 4. The van der Waals surface area contributed by atoms with Crippen LogP contribution in [0.4, 0.5) is 22.7 Å². The molecule has 0 spiro atoms. The van der Waals surface area contributed by atoms with E-state index >= 15 is 0 Å². The second kappa shape index (κ2) is 10.7. The fraction of sp³-hybridized carbons (Fsp3) is 0.0625. The average Bonchev–Trinajstić information content (AvgIpc) is 2.90. The SMILES string of the molecule is CC1=CC(c2ccccc2)=Nc2ccccc2N=C(c2ccccc2)C=C(C)Nc2ccccc2N1. The standard InChI is InChI=1S/C32H28N4/c1-23-21-31(25-13-5-3-6-14-25)35-29-19-11-12-20-30(29)36-32(26-15-7-4-8-16-26)22-24(2)34-28-18-10-9-17-27(28)33-23/h3-22,33-34H,1-2H3. The Morgan fingerprint density at radius 1 is 0.444 bits per heavy atom. The van der Waals surface area contributed by atoms with Crippen LogP contribution < -0.4 is 10.6 Å². The van der Waals surface area contributed by atoms with Crippen molar-refractivity contribution in [2.24, 2.45) is 9.98 Å². The van der Waals surface area contributed by atoms with Gasteiger partial charge in [-0.15, -0.1) is 0 Å². The van der Waals surface area contributed by atoms with E-state index in [-0.39, 0.29) is 0 Å². The van der Waals surface area contributed by atoms with Crippen molar-refractivity contribution in [2.45, 2.75) is 13.8 Å². The predicted octanol–water partition coefficient (Wildman–Crippen LogP) is 8.27. The second-order valence-corrected chi connectivity index (χ2v) is 8.67. The molecule has 36 heavy (non-hydrogen) atoms. The van der Waals surface area contributed by atoms with E-state index in [0.29, 0.717) is 0 Å². The molecule has 0 radical (unpaired) electrons. The molecular weight excluding hydrogens is 440 g/mol. The topological polar surface area (TPSA) is 48.8 Å². The number of allylic oxidation sites excluding steroid dienone is 4. The minimum Gasteiger partial charge on any atom is -0.357 e. The second-order valence-electron chi connectivity index (χ2n) is 8.67. The highest BCUT2D eigenvalue weighted by molar-refractivity contribution is 6.12. The molecule has 0 fully saturated rings. The molecule has 0 aromatic heterocycles. The van der Waals surface area contributed by atoms with Gasteiger partial charge in [0.25, 0.3) is 0 Å². The first-order valence-electron chi connectivity index (χ1n) is 12.0. The van der Waals surface area contributed by atoms with Gasteiger partial charge >= 0.3 is 0 Å². The maximum atomic E-state index is 5.11. The van der Waals surface area contributed by atoms with Gasteiger partial charge in [0.1, 0.15) is 0 Å². The molecule has 1 heterocycles. The molecular formula is C32H28N4. The molecule has 1 aliphatic rings. The molecule has 0 bridgehead atoms. The summed E-state index contributed by atoms with van der Waals surface area (Å²) in [5.41, 5.74) is 9.36. The van der Waals surface area contributed by atoms with Gasteiger partial charge in [0, 0.05) is 22.5 Å². The van der Waals surface area contributed by atoms with Gasteiger partial charge in [-0.1, -0.05) is 84.9 Å². The van der Waals surface area contributed by atoms with Crippen LogP contribution in [-0.2, 0) is 0 Å². The Morgan fingerprint density at radius 2 is 0.806 bits per heavy atom. The maximum absolute atomic E-state index is 5.11. The van der Waals surface area contributed by atoms with E-state index in [9.17, 15) is 0 Å². The van der Waals surface area contributed by atoms with Crippen LogP contribution in [0, 0.1) is 0 Å². The van der Waals surface area contributed by atoms with Crippen LogP contribution >= 0.6 is 0 Å². The number of aliphatic imine (C=N–C) groups is 2. The fourth-order valence-corrected chi connectivity index (χ4v) is 4.10. The van der Waals surface area contributed by atoms with Crippen LogP contribution in [0.1, 0.15) is 25.0 Å². The number of para-hydroxylation sites is 4. The zero-order valence-electron chi connectivity index (χ0n) is 20.4. The van der Waals surface area contributed by atoms with Crippen LogP contribution in [0.3, 0.4) is 0 Å². The molecule has 4 aromatic rings. The zero-order valence-corrected chi connectivity index (χ0v) is 20.4. The summed E-state index contributed by atoms with van der Waals surface area (Å²) in [6.07, 6.45) is 4.17. The van der Waals surface area contributed by atoms with Crippen LogP contribution in [-0.4, -0.2) is 11.4 Å². The molecule has 4 nitrogen and oxygen atoms in total. The van der Waals surface area contributed by atoms with Gasteiger partial charge in [0.05, 0.1) is 34.2 Å². The Hall–Kier alpha value is -4.70. The van der Waals surface area contributed by atoms with Crippen LogP contribution in [0.5, 0.6) is 0 Å². The van der Waals surface area contributed by atoms with Crippen molar-refractivity contribution in [2.75, 3.05) is 10.6 Å². The highest BCUT2D eigenvalue weighted by Gasteiger charge is 2.10. The number of fused-ring (bicyclic) bond motifs is 2. The lowest BCUT2D eigenvalue weighted by Crippen LogP contribution is -2.07. The lowest BCUT2D eigenvalue weighted by molar-refractivity contribution is 1.33. The summed E-state index contributed by atoms with van der Waals surface area (Å²) in [6.45, 7) is 4.11. The minimum absolute atomic E-state index is 0.810. The van der Waals surface area contributed by atoms with Gasteiger partial charge in [-0.05, 0) is 50.3 Å². The van der Waals surface area contributed by atoms with Crippen LogP contribution in [0.15, 0.2) is 143 Å². The average molecular weight is 469 g/mol. The number of rotatable bonds is 2. The Balaban J connectivity index is 1.75. The summed E-state index contributed by atoms with van der Waals surface area (Å²) in [5.74, 6) is 0. The van der Waals surface area contributed by atoms with Crippen molar-refractivity contribution in [3.63, 3.8) is 0 Å². The van der Waals surface area contributed by atoms with Gasteiger partial charge in [0.2, 0.25) is 0 Å². The predicted molar refractivity (Wildman–Crippen MR) is 153 cm³/mol. The third kappa shape index (κ3) is 5.50. The summed E-state index contributed by atoms with van der Waals surface area (Å²) in [7, 11) is 0. The smallest absolute Gasteiger partial charge is 0.0893 e. The van der Waals surface area contributed by atoms with E-state index < -0.39 is 0 Å². The molecule has 5 rings (SSSR count). The van der Waals surface area contributed by atoms with E-state index in [2.05, 4.69) is 73.0 Å². The first-order chi connectivity index (χ1) is 17.7. The van der Waals surface area contributed by atoms with Crippen molar-refractivity contribution >= 4 is 34.2 Å². The number of hydrogen-bond donors (Lipinski definition) is 2. The van der Waals surface area contributed by atoms with Gasteiger partial charge in [-0.2, -0.15) is 0 Å². The van der Waals surface area contributed by atoms with Crippen LogP contribution in [0.25, 0.3) is 0 Å². The van der Waals surface area contributed by atoms with Crippen molar-refractivity contribution in [3.8, 4) is 0 Å².